The highest BCUT2D eigenvalue weighted by Gasteiger charge is 2.23. The van der Waals surface area contributed by atoms with Crippen LogP contribution in [0.5, 0.6) is 0 Å². The zero-order chi connectivity index (χ0) is 20.5. The summed E-state index contributed by atoms with van der Waals surface area (Å²) >= 11 is 0. The molecule has 1 aromatic rings. The van der Waals surface area contributed by atoms with Crippen molar-refractivity contribution in [3.63, 3.8) is 0 Å². The number of rotatable bonds is 9. The van der Waals surface area contributed by atoms with Crippen molar-refractivity contribution in [2.45, 2.75) is 51.5 Å². The summed E-state index contributed by atoms with van der Waals surface area (Å²) in [4.78, 5) is 17.2. The highest BCUT2D eigenvalue weighted by atomic mass is 19.1. The van der Waals surface area contributed by atoms with Crippen LogP contribution in [0.3, 0.4) is 0 Å². The van der Waals surface area contributed by atoms with Gasteiger partial charge in [-0.25, -0.2) is 4.39 Å². The fraction of sp³-hybridized carbons (Fsp3) is 0.625. The molecule has 29 heavy (non-hydrogen) atoms. The summed E-state index contributed by atoms with van der Waals surface area (Å²) in [6.45, 7) is 8.38. The van der Waals surface area contributed by atoms with Crippen LogP contribution < -0.4 is 5.32 Å². The number of hydrogen-bond donors (Lipinski definition) is 1. The second-order valence-corrected chi connectivity index (χ2v) is 8.47. The summed E-state index contributed by atoms with van der Waals surface area (Å²) in [6, 6.07) is 7.13. The third kappa shape index (κ3) is 7.23. The molecule has 0 bridgehead atoms. The van der Waals surface area contributed by atoms with Crippen LogP contribution in [0.15, 0.2) is 30.3 Å². The first-order chi connectivity index (χ1) is 14.1. The topological polar surface area (TPSA) is 35.6 Å². The van der Waals surface area contributed by atoms with Crippen molar-refractivity contribution in [1.82, 2.24) is 15.1 Å². The molecule has 0 aromatic heterocycles. The molecule has 1 unspecified atom stereocenters. The Balaban J connectivity index is 1.27. The van der Waals surface area contributed by atoms with Crippen LogP contribution in [0.25, 0.3) is 6.08 Å². The number of hydrogen-bond acceptors (Lipinski definition) is 3. The summed E-state index contributed by atoms with van der Waals surface area (Å²) in [5.41, 5.74) is 1.03. The van der Waals surface area contributed by atoms with Gasteiger partial charge in [-0.05, 0) is 81.9 Å². The van der Waals surface area contributed by atoms with Crippen molar-refractivity contribution in [1.29, 1.82) is 0 Å². The molecular weight excluding hydrogens is 365 g/mol. The number of nitrogens with one attached hydrogen (secondary N) is 1. The summed E-state index contributed by atoms with van der Waals surface area (Å²) in [7, 11) is 0. The Morgan fingerprint density at radius 2 is 1.93 bits per heavy atom. The number of carbonyl (C=O) groups excluding carboxylic acids is 1. The number of likely N-dealkylation sites (tertiary alicyclic amines) is 2. The number of carbonyl (C=O) groups is 1. The maximum Gasteiger partial charge on any atom is 0.220 e. The third-order valence-electron chi connectivity index (χ3n) is 6.47. The van der Waals surface area contributed by atoms with E-state index in [9.17, 15) is 9.18 Å². The van der Waals surface area contributed by atoms with E-state index in [4.69, 9.17) is 0 Å². The Bertz CT molecular complexity index is 653. The first-order valence-corrected chi connectivity index (χ1v) is 11.3. The predicted molar refractivity (Wildman–Crippen MR) is 117 cm³/mol. The summed E-state index contributed by atoms with van der Waals surface area (Å²) in [5.74, 6) is 0.689. The molecule has 2 heterocycles. The molecular formula is C24H36FN3O. The average Bonchev–Trinajstić information content (AvgIpc) is 3.21. The SMILES string of the molecule is CCN1CCCC1CNC(=O)CCC1CCN(CC=Cc2ccc(F)cc2)CC1. The van der Waals surface area contributed by atoms with Crippen molar-refractivity contribution >= 4 is 12.0 Å². The summed E-state index contributed by atoms with van der Waals surface area (Å²) < 4.78 is 12.9. The van der Waals surface area contributed by atoms with Crippen molar-refractivity contribution in [3.8, 4) is 0 Å². The van der Waals surface area contributed by atoms with E-state index in [1.165, 1.54) is 44.4 Å². The number of likely N-dealkylation sites (N-methyl/N-ethyl adjacent to an activating group) is 1. The van der Waals surface area contributed by atoms with Gasteiger partial charge in [0, 0.05) is 25.6 Å². The molecule has 2 saturated heterocycles. The molecule has 1 N–H and O–H groups in total. The van der Waals surface area contributed by atoms with E-state index in [-0.39, 0.29) is 11.7 Å². The number of benzene rings is 1. The van der Waals surface area contributed by atoms with Crippen molar-refractivity contribution in [2.75, 3.05) is 39.3 Å². The molecule has 1 aromatic carbocycles. The molecule has 160 valence electrons. The first-order valence-electron chi connectivity index (χ1n) is 11.3. The van der Waals surface area contributed by atoms with Crippen LogP contribution >= 0.6 is 0 Å². The first kappa shape index (κ1) is 22.0. The minimum atomic E-state index is -0.195. The molecule has 0 saturated carbocycles. The van der Waals surface area contributed by atoms with Gasteiger partial charge in [0.2, 0.25) is 5.91 Å². The number of amides is 1. The van der Waals surface area contributed by atoms with Crippen LogP contribution in [0.2, 0.25) is 0 Å². The second-order valence-electron chi connectivity index (χ2n) is 8.47. The minimum Gasteiger partial charge on any atom is -0.355 e. The molecule has 5 heteroatoms. The highest BCUT2D eigenvalue weighted by molar-refractivity contribution is 5.75. The van der Waals surface area contributed by atoms with Crippen LogP contribution in [0, 0.1) is 11.7 Å². The molecule has 2 fully saturated rings. The molecule has 2 aliphatic heterocycles. The molecule has 0 aliphatic carbocycles. The molecule has 2 aliphatic rings. The van der Waals surface area contributed by atoms with Crippen LogP contribution in [-0.4, -0.2) is 61.0 Å². The summed E-state index contributed by atoms with van der Waals surface area (Å²) in [6.07, 6.45) is 10.7. The van der Waals surface area contributed by atoms with Gasteiger partial charge < -0.3 is 5.32 Å². The Kier molecular flexibility index (Phi) is 8.69. The smallest absolute Gasteiger partial charge is 0.220 e. The van der Waals surface area contributed by atoms with E-state index in [0.29, 0.717) is 18.4 Å². The maximum atomic E-state index is 12.9. The summed E-state index contributed by atoms with van der Waals surface area (Å²) in [5, 5.41) is 3.16. The Morgan fingerprint density at radius 3 is 2.66 bits per heavy atom. The van der Waals surface area contributed by atoms with E-state index in [1.807, 2.05) is 0 Å². The van der Waals surface area contributed by atoms with Crippen molar-refractivity contribution < 1.29 is 9.18 Å². The molecule has 1 atom stereocenters. The quantitative estimate of drug-likeness (QED) is 0.681. The monoisotopic (exact) mass is 401 g/mol. The molecule has 3 rings (SSSR count). The van der Waals surface area contributed by atoms with Crippen molar-refractivity contribution in [2.24, 2.45) is 5.92 Å². The van der Waals surface area contributed by atoms with E-state index in [1.54, 1.807) is 12.1 Å². The van der Waals surface area contributed by atoms with Crippen LogP contribution in [-0.2, 0) is 4.79 Å². The van der Waals surface area contributed by atoms with Gasteiger partial charge in [0.05, 0.1) is 0 Å². The molecule has 4 nitrogen and oxygen atoms in total. The van der Waals surface area contributed by atoms with Gasteiger partial charge >= 0.3 is 0 Å². The minimum absolute atomic E-state index is 0.195. The number of halogens is 1. The van der Waals surface area contributed by atoms with E-state index in [2.05, 4.69) is 34.2 Å². The van der Waals surface area contributed by atoms with Crippen LogP contribution in [0.1, 0.15) is 51.0 Å². The highest BCUT2D eigenvalue weighted by Crippen LogP contribution is 2.22. The molecule has 0 radical (unpaired) electrons. The standard InChI is InChI=1S/C24H36FN3O/c1-2-28-16-4-6-23(28)19-26-24(29)12-9-21-13-17-27(18-14-21)15-3-5-20-7-10-22(25)11-8-20/h3,5,7-8,10-11,21,23H,2,4,6,9,12-19H2,1H3,(H,26,29). The maximum absolute atomic E-state index is 12.9. The van der Waals surface area contributed by atoms with Crippen molar-refractivity contribution in [3.05, 3.63) is 41.7 Å². The molecule has 1 amide bonds. The lowest BCUT2D eigenvalue weighted by Gasteiger charge is -2.31. The average molecular weight is 402 g/mol. The lowest BCUT2D eigenvalue weighted by atomic mass is 9.92. The zero-order valence-corrected chi connectivity index (χ0v) is 17.8. The van der Waals surface area contributed by atoms with Crippen LogP contribution in [0.4, 0.5) is 4.39 Å². The Hall–Kier alpha value is -1.72. The van der Waals surface area contributed by atoms with Gasteiger partial charge in [0.15, 0.2) is 0 Å². The van der Waals surface area contributed by atoms with E-state index in [0.717, 1.165) is 44.7 Å². The van der Waals surface area contributed by atoms with E-state index < -0.39 is 0 Å². The molecule has 0 spiro atoms. The van der Waals surface area contributed by atoms with Gasteiger partial charge in [-0.1, -0.05) is 31.2 Å². The largest absolute Gasteiger partial charge is 0.355 e. The Labute approximate surface area is 175 Å². The Morgan fingerprint density at radius 1 is 1.17 bits per heavy atom. The van der Waals surface area contributed by atoms with Gasteiger partial charge in [0.1, 0.15) is 5.82 Å². The second kappa shape index (κ2) is 11.5. The third-order valence-corrected chi connectivity index (χ3v) is 6.47. The fourth-order valence-corrected chi connectivity index (χ4v) is 4.57. The zero-order valence-electron chi connectivity index (χ0n) is 17.8. The number of piperidine rings is 1. The van der Waals surface area contributed by atoms with Gasteiger partial charge in [-0.15, -0.1) is 0 Å². The fourth-order valence-electron chi connectivity index (χ4n) is 4.57. The van der Waals surface area contributed by atoms with Gasteiger partial charge in [-0.2, -0.15) is 0 Å². The van der Waals surface area contributed by atoms with Gasteiger partial charge in [-0.3, -0.25) is 14.6 Å². The van der Waals surface area contributed by atoms with E-state index >= 15 is 0 Å². The predicted octanol–water partition coefficient (Wildman–Crippen LogP) is 3.93. The lowest BCUT2D eigenvalue weighted by molar-refractivity contribution is -0.121. The number of nitrogens with zero attached hydrogens (tertiary/aromatic N) is 2. The van der Waals surface area contributed by atoms with Gasteiger partial charge in [0.25, 0.3) is 0 Å². The normalized spacial score (nSPS) is 21.8. The lowest BCUT2D eigenvalue weighted by Crippen LogP contribution is -2.40.